The molecule has 3 nitrogen and oxygen atoms in total. The molecule has 72 valence electrons. The standard InChI is InChI=1S/C9H12O3S/c1-2-3-4-13-8-5-7(6-12-8)9(10)11/h5-6H,2-4H2,1H3,(H,10,11). The molecule has 0 saturated heterocycles. The Balaban J connectivity index is 2.44. The smallest absolute Gasteiger partial charge is 0.339 e. The summed E-state index contributed by atoms with van der Waals surface area (Å²) in [6, 6.07) is 1.56. The van der Waals surface area contributed by atoms with Crippen molar-refractivity contribution >= 4 is 17.7 Å². The minimum Gasteiger partial charge on any atom is -0.478 e. The lowest BCUT2D eigenvalue weighted by Gasteiger charge is -1.93. The summed E-state index contributed by atoms with van der Waals surface area (Å²) in [6.07, 6.45) is 3.53. The molecule has 0 radical (unpaired) electrons. The van der Waals surface area contributed by atoms with Gasteiger partial charge >= 0.3 is 5.97 Å². The number of carboxylic acid groups (broad SMARTS) is 1. The van der Waals surface area contributed by atoms with Gasteiger partial charge in [-0.1, -0.05) is 25.1 Å². The molecule has 0 atom stereocenters. The normalized spacial score (nSPS) is 10.2. The summed E-state index contributed by atoms with van der Waals surface area (Å²) in [5.41, 5.74) is 0.221. The maximum absolute atomic E-state index is 10.5. The van der Waals surface area contributed by atoms with Crippen LogP contribution in [0.1, 0.15) is 30.1 Å². The highest BCUT2D eigenvalue weighted by atomic mass is 32.2. The SMILES string of the molecule is CCCCSc1cc(C(=O)O)co1. The first-order chi connectivity index (χ1) is 6.24. The van der Waals surface area contributed by atoms with Crippen LogP contribution in [0.25, 0.3) is 0 Å². The highest BCUT2D eigenvalue weighted by molar-refractivity contribution is 7.99. The molecule has 0 spiro atoms. The van der Waals surface area contributed by atoms with Crippen molar-refractivity contribution in [2.75, 3.05) is 5.75 Å². The molecule has 4 heteroatoms. The van der Waals surface area contributed by atoms with Gasteiger partial charge in [-0.15, -0.1) is 0 Å². The first-order valence-corrected chi connectivity index (χ1v) is 5.17. The lowest BCUT2D eigenvalue weighted by molar-refractivity contribution is 0.0696. The van der Waals surface area contributed by atoms with Gasteiger partial charge < -0.3 is 9.52 Å². The van der Waals surface area contributed by atoms with Gasteiger partial charge in [0.15, 0.2) is 5.09 Å². The number of hydrogen-bond acceptors (Lipinski definition) is 3. The first-order valence-electron chi connectivity index (χ1n) is 4.18. The number of carboxylic acids is 1. The highest BCUT2D eigenvalue weighted by Gasteiger charge is 2.07. The third kappa shape index (κ3) is 3.14. The zero-order valence-electron chi connectivity index (χ0n) is 7.45. The molecule has 0 amide bonds. The maximum Gasteiger partial charge on any atom is 0.339 e. The highest BCUT2D eigenvalue weighted by Crippen LogP contribution is 2.21. The van der Waals surface area contributed by atoms with Gasteiger partial charge in [0.2, 0.25) is 0 Å². The molecule has 0 aliphatic carbocycles. The summed E-state index contributed by atoms with van der Waals surface area (Å²) < 4.78 is 5.05. The molecule has 1 aromatic heterocycles. The van der Waals surface area contributed by atoms with Crippen LogP contribution < -0.4 is 0 Å². The predicted molar refractivity (Wildman–Crippen MR) is 51.3 cm³/mol. The third-order valence-electron chi connectivity index (χ3n) is 1.56. The Kier molecular flexibility index (Phi) is 3.89. The molecule has 1 rings (SSSR count). The second kappa shape index (κ2) is 4.97. The van der Waals surface area contributed by atoms with E-state index in [-0.39, 0.29) is 5.56 Å². The number of furan rings is 1. The molecule has 0 aliphatic heterocycles. The fraction of sp³-hybridized carbons (Fsp3) is 0.444. The molecule has 0 fully saturated rings. The molecule has 1 heterocycles. The zero-order valence-corrected chi connectivity index (χ0v) is 8.26. The van der Waals surface area contributed by atoms with E-state index in [1.54, 1.807) is 17.8 Å². The van der Waals surface area contributed by atoms with Crippen molar-refractivity contribution in [2.45, 2.75) is 24.9 Å². The van der Waals surface area contributed by atoms with Crippen LogP contribution in [0, 0.1) is 0 Å². The molecule has 1 N–H and O–H groups in total. The van der Waals surface area contributed by atoms with E-state index in [9.17, 15) is 4.79 Å². The van der Waals surface area contributed by atoms with E-state index in [0.717, 1.165) is 18.6 Å². The van der Waals surface area contributed by atoms with Gasteiger partial charge in [-0.25, -0.2) is 4.79 Å². The Bertz CT molecular complexity index is 280. The average Bonchev–Trinajstić information content (AvgIpc) is 2.53. The van der Waals surface area contributed by atoms with Gasteiger partial charge in [0.1, 0.15) is 6.26 Å². The van der Waals surface area contributed by atoms with E-state index < -0.39 is 5.97 Å². The van der Waals surface area contributed by atoms with Crippen LogP contribution in [0.15, 0.2) is 21.8 Å². The fourth-order valence-corrected chi connectivity index (χ4v) is 1.78. The van der Waals surface area contributed by atoms with Crippen LogP contribution in [0.5, 0.6) is 0 Å². The number of unbranched alkanes of at least 4 members (excludes halogenated alkanes) is 1. The van der Waals surface area contributed by atoms with Crippen molar-refractivity contribution in [2.24, 2.45) is 0 Å². The Morgan fingerprint density at radius 3 is 3.00 bits per heavy atom. The number of hydrogen-bond donors (Lipinski definition) is 1. The largest absolute Gasteiger partial charge is 0.478 e. The van der Waals surface area contributed by atoms with Crippen LogP contribution in [-0.2, 0) is 0 Å². The van der Waals surface area contributed by atoms with Crippen LogP contribution in [0.2, 0.25) is 0 Å². The summed E-state index contributed by atoms with van der Waals surface area (Å²) in [6.45, 7) is 2.12. The topological polar surface area (TPSA) is 50.4 Å². The Morgan fingerprint density at radius 1 is 1.69 bits per heavy atom. The van der Waals surface area contributed by atoms with Gasteiger partial charge in [0.05, 0.1) is 5.56 Å². The summed E-state index contributed by atoms with van der Waals surface area (Å²) in [7, 11) is 0. The van der Waals surface area contributed by atoms with Gasteiger partial charge in [0, 0.05) is 11.8 Å². The number of thioether (sulfide) groups is 1. The van der Waals surface area contributed by atoms with Crippen LogP contribution >= 0.6 is 11.8 Å². The zero-order chi connectivity index (χ0) is 9.68. The van der Waals surface area contributed by atoms with Gasteiger partial charge in [0.25, 0.3) is 0 Å². The maximum atomic E-state index is 10.5. The summed E-state index contributed by atoms with van der Waals surface area (Å²) in [5, 5.41) is 9.29. The van der Waals surface area contributed by atoms with E-state index >= 15 is 0 Å². The van der Waals surface area contributed by atoms with Crippen LogP contribution in [0.4, 0.5) is 0 Å². The summed E-state index contributed by atoms with van der Waals surface area (Å²) in [5.74, 6) is 0.0365. The molecule has 13 heavy (non-hydrogen) atoms. The Morgan fingerprint density at radius 2 is 2.46 bits per heavy atom. The molecule has 0 saturated carbocycles. The van der Waals surface area contributed by atoms with Crippen molar-refractivity contribution in [1.29, 1.82) is 0 Å². The predicted octanol–water partition coefficient (Wildman–Crippen LogP) is 2.87. The van der Waals surface area contributed by atoms with Gasteiger partial charge in [-0.05, 0) is 6.42 Å². The van der Waals surface area contributed by atoms with Crippen LogP contribution in [-0.4, -0.2) is 16.8 Å². The summed E-state index contributed by atoms with van der Waals surface area (Å²) in [4.78, 5) is 10.5. The molecule has 0 unspecified atom stereocenters. The van der Waals surface area contributed by atoms with Crippen molar-refractivity contribution in [3.63, 3.8) is 0 Å². The van der Waals surface area contributed by atoms with Crippen molar-refractivity contribution in [1.82, 2.24) is 0 Å². The lowest BCUT2D eigenvalue weighted by Crippen LogP contribution is -1.91. The minimum atomic E-state index is -0.939. The van der Waals surface area contributed by atoms with E-state index in [2.05, 4.69) is 6.92 Å². The average molecular weight is 200 g/mol. The van der Waals surface area contributed by atoms with E-state index in [4.69, 9.17) is 9.52 Å². The summed E-state index contributed by atoms with van der Waals surface area (Å²) >= 11 is 1.55. The number of rotatable bonds is 5. The second-order valence-electron chi connectivity index (χ2n) is 2.66. The molecular weight excluding hydrogens is 188 g/mol. The van der Waals surface area contributed by atoms with E-state index in [1.165, 1.54) is 6.26 Å². The van der Waals surface area contributed by atoms with Crippen molar-refractivity contribution in [3.8, 4) is 0 Å². The second-order valence-corrected chi connectivity index (χ2v) is 3.76. The molecule has 0 bridgehead atoms. The molecular formula is C9H12O3S. The quantitative estimate of drug-likeness (QED) is 0.586. The monoisotopic (exact) mass is 200 g/mol. The van der Waals surface area contributed by atoms with E-state index in [0.29, 0.717) is 5.09 Å². The fourth-order valence-electron chi connectivity index (χ4n) is 0.822. The first kappa shape index (κ1) is 10.2. The third-order valence-corrected chi connectivity index (χ3v) is 2.56. The number of aromatic carboxylic acids is 1. The Labute approximate surface area is 81.1 Å². The number of carbonyl (C=O) groups is 1. The van der Waals surface area contributed by atoms with Gasteiger partial charge in [-0.2, -0.15) is 0 Å². The van der Waals surface area contributed by atoms with Crippen molar-refractivity contribution in [3.05, 3.63) is 17.9 Å². The van der Waals surface area contributed by atoms with E-state index in [1.807, 2.05) is 0 Å². The van der Waals surface area contributed by atoms with Crippen LogP contribution in [0.3, 0.4) is 0 Å². The molecule has 0 aliphatic rings. The van der Waals surface area contributed by atoms with Crippen molar-refractivity contribution < 1.29 is 14.3 Å². The molecule has 0 aromatic carbocycles. The molecule has 1 aromatic rings. The minimum absolute atomic E-state index is 0.221. The Hall–Kier alpha value is -0.900. The lowest BCUT2D eigenvalue weighted by atomic mass is 10.4. The van der Waals surface area contributed by atoms with Gasteiger partial charge in [-0.3, -0.25) is 0 Å².